The average molecular weight is 419 g/mol. The highest BCUT2D eigenvalue weighted by Gasteiger charge is 2.29. The molecule has 1 heterocycles. The number of ether oxygens (including phenoxy) is 2. The first-order valence-corrected chi connectivity index (χ1v) is 10.9. The molecule has 0 aromatic heterocycles. The van der Waals surface area contributed by atoms with Crippen LogP contribution in [0.4, 0.5) is 0 Å². The smallest absolute Gasteiger partial charge is 0.257 e. The summed E-state index contributed by atoms with van der Waals surface area (Å²) in [7, 11) is -0.550. The Hall–Kier alpha value is -2.58. The summed E-state index contributed by atoms with van der Waals surface area (Å²) >= 11 is 0. The zero-order chi connectivity index (χ0) is 21.0. The summed E-state index contributed by atoms with van der Waals surface area (Å²) in [6.07, 6.45) is 1.09. The molecular formula is C21H26N2O5S. The van der Waals surface area contributed by atoms with Crippen molar-refractivity contribution >= 4 is 15.9 Å². The number of hydrogen-bond donors (Lipinski definition) is 1. The van der Waals surface area contributed by atoms with Gasteiger partial charge in [-0.25, -0.2) is 13.1 Å². The predicted octanol–water partition coefficient (Wildman–Crippen LogP) is 2.60. The summed E-state index contributed by atoms with van der Waals surface area (Å²) in [6, 6.07) is 11.7. The number of likely N-dealkylation sites (tertiary alicyclic amines) is 1. The average Bonchev–Trinajstić information content (AvgIpc) is 2.73. The highest BCUT2D eigenvalue weighted by Crippen LogP contribution is 2.32. The Kier molecular flexibility index (Phi) is 6.44. The minimum absolute atomic E-state index is 0.152. The van der Waals surface area contributed by atoms with E-state index in [1.54, 1.807) is 47.4 Å². The number of para-hydroxylation sites is 1. The summed E-state index contributed by atoms with van der Waals surface area (Å²) in [4.78, 5) is 14.9. The summed E-state index contributed by atoms with van der Waals surface area (Å²) in [5, 5.41) is 0. The van der Waals surface area contributed by atoms with Crippen LogP contribution in [0.25, 0.3) is 0 Å². The fourth-order valence-electron chi connectivity index (χ4n) is 3.43. The highest BCUT2D eigenvalue weighted by atomic mass is 32.2. The fraction of sp³-hybridized carbons (Fsp3) is 0.381. The van der Waals surface area contributed by atoms with Crippen molar-refractivity contribution in [1.29, 1.82) is 0 Å². The number of sulfonamides is 1. The number of carbonyl (C=O) groups is 1. The number of methoxy groups -OCH3 is 2. The summed E-state index contributed by atoms with van der Waals surface area (Å²) < 4.78 is 38.5. The SMILES string of the molecule is COc1cccc(C(=O)N2CCC(NS(=O)(=O)c3ccc(C)cc3)CC2)c1OC. The van der Waals surface area contributed by atoms with Crippen molar-refractivity contribution in [2.45, 2.75) is 30.7 Å². The number of hydrogen-bond acceptors (Lipinski definition) is 5. The molecule has 0 spiro atoms. The van der Waals surface area contributed by atoms with Crippen molar-refractivity contribution in [3.05, 3.63) is 53.6 Å². The molecule has 2 aromatic carbocycles. The van der Waals surface area contributed by atoms with Crippen molar-refractivity contribution in [1.82, 2.24) is 9.62 Å². The van der Waals surface area contributed by atoms with Gasteiger partial charge in [-0.3, -0.25) is 4.79 Å². The highest BCUT2D eigenvalue weighted by molar-refractivity contribution is 7.89. The van der Waals surface area contributed by atoms with Gasteiger partial charge in [-0.1, -0.05) is 23.8 Å². The fourth-order valence-corrected chi connectivity index (χ4v) is 4.74. The maximum absolute atomic E-state index is 12.9. The van der Waals surface area contributed by atoms with E-state index in [0.29, 0.717) is 43.0 Å². The molecule has 1 N–H and O–H groups in total. The molecule has 3 rings (SSSR count). The standard InChI is InChI=1S/C21H26N2O5S/c1-15-7-9-17(10-8-15)29(25,26)22-16-11-13-23(14-12-16)21(24)18-5-4-6-19(27-2)20(18)28-3/h4-10,16,22H,11-14H2,1-3H3. The van der Waals surface area contributed by atoms with E-state index in [-0.39, 0.29) is 16.8 Å². The Balaban J connectivity index is 1.65. The monoisotopic (exact) mass is 418 g/mol. The van der Waals surface area contributed by atoms with Gasteiger partial charge in [0, 0.05) is 19.1 Å². The van der Waals surface area contributed by atoms with Crippen molar-refractivity contribution in [3.63, 3.8) is 0 Å². The number of amides is 1. The summed E-state index contributed by atoms with van der Waals surface area (Å²) in [5.74, 6) is 0.752. The van der Waals surface area contributed by atoms with Crippen molar-refractivity contribution < 1.29 is 22.7 Å². The molecule has 1 fully saturated rings. The largest absolute Gasteiger partial charge is 0.493 e. The van der Waals surface area contributed by atoms with Gasteiger partial charge < -0.3 is 14.4 Å². The quantitative estimate of drug-likeness (QED) is 0.779. The zero-order valence-electron chi connectivity index (χ0n) is 16.8. The van der Waals surface area contributed by atoms with Crippen LogP contribution in [0.3, 0.4) is 0 Å². The van der Waals surface area contributed by atoms with E-state index in [1.165, 1.54) is 14.2 Å². The third-order valence-electron chi connectivity index (χ3n) is 5.07. The van der Waals surface area contributed by atoms with Gasteiger partial charge >= 0.3 is 0 Å². The van der Waals surface area contributed by atoms with Gasteiger partial charge in [0.1, 0.15) is 0 Å². The van der Waals surface area contributed by atoms with E-state index in [2.05, 4.69) is 4.72 Å². The van der Waals surface area contributed by atoms with Crippen LogP contribution in [0.1, 0.15) is 28.8 Å². The Morgan fingerprint density at radius 2 is 1.69 bits per heavy atom. The lowest BCUT2D eigenvalue weighted by molar-refractivity contribution is 0.0707. The van der Waals surface area contributed by atoms with Crippen LogP contribution in [0.5, 0.6) is 11.5 Å². The Bertz CT molecular complexity index is 965. The molecular weight excluding hydrogens is 392 g/mol. The maximum Gasteiger partial charge on any atom is 0.257 e. The van der Waals surface area contributed by atoms with E-state index >= 15 is 0 Å². The first kappa shape index (κ1) is 21.1. The second-order valence-corrected chi connectivity index (χ2v) is 8.76. The number of carbonyl (C=O) groups excluding carboxylic acids is 1. The van der Waals surface area contributed by atoms with E-state index in [0.717, 1.165) is 5.56 Å². The number of piperidine rings is 1. The van der Waals surface area contributed by atoms with Gasteiger partial charge in [-0.2, -0.15) is 0 Å². The van der Waals surface area contributed by atoms with Gasteiger partial charge in [0.05, 0.1) is 24.7 Å². The molecule has 7 nitrogen and oxygen atoms in total. The van der Waals surface area contributed by atoms with E-state index in [4.69, 9.17) is 9.47 Å². The van der Waals surface area contributed by atoms with Crippen LogP contribution in [0.15, 0.2) is 47.4 Å². The third kappa shape index (κ3) is 4.71. The number of nitrogens with one attached hydrogen (secondary N) is 1. The molecule has 0 bridgehead atoms. The summed E-state index contributed by atoms with van der Waals surface area (Å²) in [5.41, 5.74) is 1.44. The molecule has 8 heteroatoms. The Morgan fingerprint density at radius 3 is 2.28 bits per heavy atom. The van der Waals surface area contributed by atoms with Crippen LogP contribution in [-0.4, -0.2) is 52.6 Å². The lowest BCUT2D eigenvalue weighted by atomic mass is 10.0. The number of rotatable bonds is 6. The van der Waals surface area contributed by atoms with Crippen LogP contribution in [0.2, 0.25) is 0 Å². The maximum atomic E-state index is 12.9. The minimum atomic E-state index is -3.58. The number of nitrogens with zero attached hydrogens (tertiary/aromatic N) is 1. The third-order valence-corrected chi connectivity index (χ3v) is 6.61. The zero-order valence-corrected chi connectivity index (χ0v) is 17.7. The topological polar surface area (TPSA) is 84.9 Å². The normalized spacial score (nSPS) is 15.2. The van der Waals surface area contributed by atoms with Gasteiger partial charge in [0.15, 0.2) is 11.5 Å². The van der Waals surface area contributed by atoms with E-state index in [9.17, 15) is 13.2 Å². The minimum Gasteiger partial charge on any atom is -0.493 e. The lowest BCUT2D eigenvalue weighted by Crippen LogP contribution is -2.46. The molecule has 1 aliphatic rings. The molecule has 0 radical (unpaired) electrons. The molecule has 0 aliphatic carbocycles. The molecule has 156 valence electrons. The summed E-state index contributed by atoms with van der Waals surface area (Å²) in [6.45, 7) is 2.83. The van der Waals surface area contributed by atoms with Gasteiger partial charge in [0.25, 0.3) is 5.91 Å². The van der Waals surface area contributed by atoms with Crippen LogP contribution in [-0.2, 0) is 10.0 Å². The molecule has 29 heavy (non-hydrogen) atoms. The van der Waals surface area contributed by atoms with Crippen molar-refractivity contribution in [3.8, 4) is 11.5 Å². The van der Waals surface area contributed by atoms with Gasteiger partial charge in [-0.15, -0.1) is 0 Å². The molecule has 1 saturated heterocycles. The Labute approximate surface area is 171 Å². The molecule has 0 unspecified atom stereocenters. The molecule has 1 amide bonds. The first-order chi connectivity index (χ1) is 13.9. The second-order valence-electron chi connectivity index (χ2n) is 7.04. The second kappa shape index (κ2) is 8.84. The molecule has 0 atom stereocenters. The van der Waals surface area contributed by atoms with Gasteiger partial charge in [0.2, 0.25) is 10.0 Å². The lowest BCUT2D eigenvalue weighted by Gasteiger charge is -2.32. The predicted molar refractivity (Wildman–Crippen MR) is 110 cm³/mol. The van der Waals surface area contributed by atoms with E-state index < -0.39 is 10.0 Å². The van der Waals surface area contributed by atoms with Crippen molar-refractivity contribution in [2.75, 3.05) is 27.3 Å². The molecule has 1 aliphatic heterocycles. The van der Waals surface area contributed by atoms with Crippen LogP contribution >= 0.6 is 0 Å². The number of aryl methyl sites for hydroxylation is 1. The van der Waals surface area contributed by atoms with E-state index in [1.807, 2.05) is 6.92 Å². The molecule has 2 aromatic rings. The van der Waals surface area contributed by atoms with Crippen LogP contribution in [0, 0.1) is 6.92 Å². The van der Waals surface area contributed by atoms with Gasteiger partial charge in [-0.05, 0) is 44.0 Å². The number of benzene rings is 2. The first-order valence-electron chi connectivity index (χ1n) is 9.45. The van der Waals surface area contributed by atoms with Crippen LogP contribution < -0.4 is 14.2 Å². The molecule has 0 saturated carbocycles. The Morgan fingerprint density at radius 1 is 1.03 bits per heavy atom. The van der Waals surface area contributed by atoms with Crippen molar-refractivity contribution in [2.24, 2.45) is 0 Å².